The largest absolute Gasteiger partial charge is 0.458 e. The second-order valence-corrected chi connectivity index (χ2v) is 16.7. The predicted molar refractivity (Wildman–Crippen MR) is 183 cm³/mol. The number of rotatable bonds is 13. The Morgan fingerprint density at radius 1 is 0.958 bits per heavy atom. The molecule has 2 fully saturated rings. The summed E-state index contributed by atoms with van der Waals surface area (Å²) < 4.78 is 5.55. The SMILES string of the molecule is C#CCCCC(NC(=O)[C@@H]1[C@@H]2[C@H](CN1C(=O)[C@@H](NC(=O)N[C@H](C(=O)OC(C)(C)C)C(C)(C)C)C(C)(C)C)C2(C)C)C(=O)C(=O)NCC=C. The molecular weight excluding hydrogens is 614 g/mol. The highest BCUT2D eigenvalue weighted by atomic mass is 16.6. The highest BCUT2D eigenvalue weighted by molar-refractivity contribution is 6.38. The van der Waals surface area contributed by atoms with Crippen molar-refractivity contribution in [2.75, 3.05) is 13.1 Å². The number of ketones is 1. The maximum atomic E-state index is 14.3. The zero-order valence-corrected chi connectivity index (χ0v) is 30.7. The predicted octanol–water partition coefficient (Wildman–Crippen LogP) is 3.10. The van der Waals surface area contributed by atoms with Gasteiger partial charge in [0, 0.05) is 19.5 Å². The summed E-state index contributed by atoms with van der Waals surface area (Å²) in [5.74, 6) is -0.952. The lowest BCUT2D eigenvalue weighted by atomic mass is 9.85. The number of nitrogens with one attached hydrogen (secondary N) is 4. The maximum Gasteiger partial charge on any atom is 0.329 e. The van der Waals surface area contributed by atoms with Crippen LogP contribution in [0, 0.1) is 40.4 Å². The number of hydrogen-bond acceptors (Lipinski definition) is 7. The van der Waals surface area contributed by atoms with Crippen LogP contribution in [0.2, 0.25) is 0 Å². The number of amides is 5. The zero-order chi connectivity index (χ0) is 37.0. The fourth-order valence-electron chi connectivity index (χ4n) is 6.27. The van der Waals surface area contributed by atoms with Crippen molar-refractivity contribution in [2.45, 2.75) is 125 Å². The minimum atomic E-state index is -1.14. The molecule has 268 valence electrons. The first-order valence-corrected chi connectivity index (χ1v) is 16.7. The average molecular weight is 672 g/mol. The van der Waals surface area contributed by atoms with E-state index in [2.05, 4.69) is 33.8 Å². The number of carbonyl (C=O) groups excluding carboxylic acids is 6. The first kappa shape index (κ1) is 40.3. The first-order chi connectivity index (χ1) is 21.9. The quantitative estimate of drug-likeness (QED) is 0.0769. The number of hydrogen-bond donors (Lipinski definition) is 4. The molecule has 1 saturated carbocycles. The maximum absolute atomic E-state index is 14.3. The number of likely N-dealkylation sites (tertiary alicyclic amines) is 1. The van der Waals surface area contributed by atoms with Gasteiger partial charge in [-0.3, -0.25) is 19.2 Å². The molecule has 2 rings (SSSR count). The molecule has 1 heterocycles. The summed E-state index contributed by atoms with van der Waals surface area (Å²) >= 11 is 0. The van der Waals surface area contributed by atoms with E-state index in [0.717, 1.165) is 0 Å². The van der Waals surface area contributed by atoms with Crippen molar-refractivity contribution in [3.63, 3.8) is 0 Å². The molecule has 1 aliphatic heterocycles. The third-order valence-electron chi connectivity index (χ3n) is 9.01. The van der Waals surface area contributed by atoms with E-state index in [1.54, 1.807) is 62.3 Å². The molecule has 5 amide bonds. The Kier molecular flexibility index (Phi) is 12.7. The highest BCUT2D eigenvalue weighted by Gasteiger charge is 2.70. The fraction of sp³-hybridized carbons (Fsp3) is 0.722. The number of piperidine rings is 1. The second kappa shape index (κ2) is 15.1. The molecule has 1 unspecified atom stereocenters. The number of terminal acetylenes is 1. The van der Waals surface area contributed by atoms with Gasteiger partial charge < -0.3 is 30.9 Å². The van der Waals surface area contributed by atoms with Gasteiger partial charge in [-0.25, -0.2) is 9.59 Å². The Hall–Kier alpha value is -3.88. The van der Waals surface area contributed by atoms with Crippen LogP contribution in [0.5, 0.6) is 0 Å². The van der Waals surface area contributed by atoms with Crippen molar-refractivity contribution in [3.8, 4) is 12.3 Å². The van der Waals surface area contributed by atoms with Gasteiger partial charge in [0.2, 0.25) is 17.6 Å². The molecule has 48 heavy (non-hydrogen) atoms. The third-order valence-corrected chi connectivity index (χ3v) is 9.01. The summed E-state index contributed by atoms with van der Waals surface area (Å²) in [7, 11) is 0. The van der Waals surface area contributed by atoms with Crippen molar-refractivity contribution in [1.82, 2.24) is 26.2 Å². The van der Waals surface area contributed by atoms with Crippen LogP contribution >= 0.6 is 0 Å². The molecule has 12 heteroatoms. The van der Waals surface area contributed by atoms with Gasteiger partial charge in [-0.2, -0.15) is 0 Å². The fourth-order valence-corrected chi connectivity index (χ4v) is 6.27. The molecule has 0 aromatic carbocycles. The number of carbonyl (C=O) groups is 6. The summed E-state index contributed by atoms with van der Waals surface area (Å²) in [6, 6.07) is -4.90. The van der Waals surface area contributed by atoms with E-state index in [9.17, 15) is 28.8 Å². The van der Waals surface area contributed by atoms with Gasteiger partial charge in [-0.15, -0.1) is 18.9 Å². The van der Waals surface area contributed by atoms with Crippen LogP contribution in [0.3, 0.4) is 0 Å². The monoisotopic (exact) mass is 671 g/mol. The zero-order valence-electron chi connectivity index (χ0n) is 30.7. The summed E-state index contributed by atoms with van der Waals surface area (Å²) in [4.78, 5) is 81.9. The van der Waals surface area contributed by atoms with Crippen LogP contribution in [0.15, 0.2) is 12.7 Å². The van der Waals surface area contributed by atoms with E-state index in [1.165, 1.54) is 11.0 Å². The van der Waals surface area contributed by atoms with Gasteiger partial charge in [-0.1, -0.05) is 61.5 Å². The van der Waals surface area contributed by atoms with Gasteiger partial charge in [0.1, 0.15) is 23.7 Å². The normalized spacial score (nSPS) is 21.7. The Morgan fingerprint density at radius 3 is 2.02 bits per heavy atom. The molecular formula is C36H57N5O7. The van der Waals surface area contributed by atoms with E-state index >= 15 is 0 Å². The summed E-state index contributed by atoms with van der Waals surface area (Å²) in [6.45, 7) is 23.9. The number of Topliss-reactive ketones (excluding diaryl/α,β-unsaturated/α-hetero) is 1. The van der Waals surface area contributed by atoms with Crippen molar-refractivity contribution in [2.24, 2.45) is 28.1 Å². The topological polar surface area (TPSA) is 163 Å². The number of unbranched alkanes of at least 4 members (excludes halogenated alkanes) is 1. The molecule has 2 aliphatic rings. The summed E-state index contributed by atoms with van der Waals surface area (Å²) in [5.41, 5.74) is -2.51. The third kappa shape index (κ3) is 10.1. The lowest BCUT2D eigenvalue weighted by Gasteiger charge is -2.38. The molecule has 0 radical (unpaired) electrons. The molecule has 0 bridgehead atoms. The van der Waals surface area contributed by atoms with Crippen LogP contribution < -0.4 is 21.3 Å². The lowest BCUT2D eigenvalue weighted by molar-refractivity contribution is -0.160. The van der Waals surface area contributed by atoms with Gasteiger partial charge >= 0.3 is 12.0 Å². The van der Waals surface area contributed by atoms with Crippen molar-refractivity contribution in [3.05, 3.63) is 12.7 Å². The minimum absolute atomic E-state index is 0.0237. The summed E-state index contributed by atoms with van der Waals surface area (Å²) in [5, 5.41) is 10.7. The number of ether oxygens (including phenoxy) is 1. The molecule has 0 spiro atoms. The Labute approximate surface area is 286 Å². The summed E-state index contributed by atoms with van der Waals surface area (Å²) in [6.07, 6.45) is 7.73. The number of nitrogens with zero attached hydrogens (tertiary/aromatic N) is 1. The smallest absolute Gasteiger partial charge is 0.329 e. The molecule has 4 N–H and O–H groups in total. The number of urea groups is 1. The van der Waals surface area contributed by atoms with Crippen molar-refractivity contribution >= 4 is 35.5 Å². The Morgan fingerprint density at radius 2 is 1.52 bits per heavy atom. The second-order valence-electron chi connectivity index (χ2n) is 16.7. The minimum Gasteiger partial charge on any atom is -0.458 e. The highest BCUT2D eigenvalue weighted by Crippen LogP contribution is 2.65. The van der Waals surface area contributed by atoms with E-state index in [4.69, 9.17) is 11.2 Å². The van der Waals surface area contributed by atoms with Crippen LogP contribution in [-0.2, 0) is 28.7 Å². The van der Waals surface area contributed by atoms with Crippen molar-refractivity contribution in [1.29, 1.82) is 0 Å². The Bertz CT molecular complexity index is 1310. The van der Waals surface area contributed by atoms with E-state index in [1.807, 2.05) is 13.8 Å². The van der Waals surface area contributed by atoms with E-state index in [0.29, 0.717) is 12.8 Å². The average Bonchev–Trinajstić information content (AvgIpc) is 3.26. The van der Waals surface area contributed by atoms with Crippen molar-refractivity contribution < 1.29 is 33.5 Å². The lowest BCUT2D eigenvalue weighted by Crippen LogP contribution is -2.63. The standard InChI is InChI=1S/C36H57N5O7/c1-14-16-17-18-22(25(42)29(44)37-19-15-2)38-28(43)24-23-21(36(23,12)13)20-41(24)30(45)26(33(3,4)5)39-32(47)40-27(34(6,7)8)31(46)48-35(9,10)11/h1,15,21-24,26-27H,2,16-20H2,3-13H3,(H,37,44)(H,38,43)(H2,39,40,47)/t21-,22?,23-,24-,26+,27+/m0/s1. The van der Waals surface area contributed by atoms with Crippen LogP contribution in [0.25, 0.3) is 0 Å². The van der Waals surface area contributed by atoms with Crippen LogP contribution in [0.1, 0.15) is 95.4 Å². The van der Waals surface area contributed by atoms with Gasteiger partial charge in [0.25, 0.3) is 5.91 Å². The molecule has 12 nitrogen and oxygen atoms in total. The van der Waals surface area contributed by atoms with Gasteiger partial charge in [-0.05, 0) is 61.7 Å². The molecule has 1 saturated heterocycles. The first-order valence-electron chi connectivity index (χ1n) is 16.7. The molecule has 6 atom stereocenters. The van der Waals surface area contributed by atoms with Gasteiger partial charge in [0.15, 0.2) is 0 Å². The molecule has 1 aliphatic carbocycles. The number of esters is 1. The van der Waals surface area contributed by atoms with E-state index in [-0.39, 0.29) is 36.8 Å². The van der Waals surface area contributed by atoms with Crippen LogP contribution in [-0.4, -0.2) is 83.3 Å². The Balaban J connectivity index is 2.36. The molecule has 0 aromatic heterocycles. The number of fused-ring (bicyclic) bond motifs is 1. The van der Waals surface area contributed by atoms with E-state index < -0.39 is 76.1 Å². The molecule has 0 aromatic rings. The van der Waals surface area contributed by atoms with Gasteiger partial charge in [0.05, 0.1) is 6.04 Å². The van der Waals surface area contributed by atoms with Crippen LogP contribution in [0.4, 0.5) is 4.79 Å².